The van der Waals surface area contributed by atoms with E-state index < -0.39 is 10.0 Å². The highest BCUT2D eigenvalue weighted by atomic mass is 32.2. The number of hydrogen-bond acceptors (Lipinski definition) is 3. The van der Waals surface area contributed by atoms with Crippen molar-refractivity contribution in [2.75, 3.05) is 6.54 Å². The second-order valence-electron chi connectivity index (χ2n) is 7.49. The van der Waals surface area contributed by atoms with Crippen LogP contribution in [-0.2, 0) is 23.0 Å². The Morgan fingerprint density at radius 1 is 1.19 bits per heavy atom. The highest BCUT2D eigenvalue weighted by Gasteiger charge is 2.17. The molecule has 0 saturated carbocycles. The Balaban J connectivity index is 1.77. The number of nitrogens with one attached hydrogen (secondary N) is 1. The maximum Gasteiger partial charge on any atom is 0.240 e. The van der Waals surface area contributed by atoms with Crippen molar-refractivity contribution >= 4 is 21.1 Å². The Morgan fingerprint density at radius 2 is 1.96 bits per heavy atom. The molecular formula is C21H27N3O2S. The molecule has 0 radical (unpaired) electrons. The molecule has 2 heterocycles. The summed E-state index contributed by atoms with van der Waals surface area (Å²) < 4.78 is 30.2. The first-order valence-corrected chi connectivity index (χ1v) is 10.8. The minimum Gasteiger partial charge on any atom is -0.332 e. The normalized spacial score (nSPS) is 12.2. The molecule has 27 heavy (non-hydrogen) atoms. The van der Waals surface area contributed by atoms with Gasteiger partial charge in [0.1, 0.15) is 5.65 Å². The molecule has 0 unspecified atom stereocenters. The molecule has 0 atom stereocenters. The van der Waals surface area contributed by atoms with Gasteiger partial charge in [0.05, 0.1) is 4.90 Å². The van der Waals surface area contributed by atoms with Gasteiger partial charge in [-0.3, -0.25) is 0 Å². The van der Waals surface area contributed by atoms with E-state index in [1.807, 2.05) is 38.1 Å². The average molecular weight is 386 g/mol. The minimum absolute atomic E-state index is 0.344. The van der Waals surface area contributed by atoms with Crippen molar-refractivity contribution in [2.24, 2.45) is 5.92 Å². The molecule has 3 aromatic rings. The second kappa shape index (κ2) is 7.82. The number of rotatable bonds is 7. The maximum absolute atomic E-state index is 12.6. The summed E-state index contributed by atoms with van der Waals surface area (Å²) in [6.07, 6.45) is 4.52. The van der Waals surface area contributed by atoms with Gasteiger partial charge in [0.25, 0.3) is 0 Å². The lowest BCUT2D eigenvalue weighted by Gasteiger charge is -2.10. The van der Waals surface area contributed by atoms with Crippen LogP contribution in [-0.4, -0.2) is 24.5 Å². The van der Waals surface area contributed by atoms with Gasteiger partial charge in [0.15, 0.2) is 0 Å². The summed E-state index contributed by atoms with van der Waals surface area (Å²) in [5.74, 6) is 0.512. The summed E-state index contributed by atoms with van der Waals surface area (Å²) in [6, 6.07) is 9.36. The van der Waals surface area contributed by atoms with E-state index in [1.165, 1.54) is 0 Å². The lowest BCUT2D eigenvalue weighted by atomic mass is 10.2. The number of benzene rings is 1. The highest BCUT2D eigenvalue weighted by Crippen LogP contribution is 2.21. The van der Waals surface area contributed by atoms with Gasteiger partial charge < -0.3 is 4.57 Å². The number of aryl methyl sites for hydroxylation is 2. The van der Waals surface area contributed by atoms with Gasteiger partial charge in [-0.1, -0.05) is 31.5 Å². The van der Waals surface area contributed by atoms with Crippen LogP contribution in [0.1, 0.15) is 30.5 Å². The molecule has 1 aromatic carbocycles. The van der Waals surface area contributed by atoms with E-state index in [0.29, 0.717) is 23.8 Å². The first-order chi connectivity index (χ1) is 12.8. The molecule has 0 saturated heterocycles. The van der Waals surface area contributed by atoms with Crippen LogP contribution >= 0.6 is 0 Å². The first kappa shape index (κ1) is 19.6. The zero-order chi connectivity index (χ0) is 19.6. The molecule has 0 amide bonds. The zero-order valence-electron chi connectivity index (χ0n) is 16.4. The van der Waals surface area contributed by atoms with E-state index in [-0.39, 0.29) is 0 Å². The van der Waals surface area contributed by atoms with E-state index >= 15 is 0 Å². The third-order valence-electron chi connectivity index (χ3n) is 4.58. The minimum atomic E-state index is -3.52. The lowest BCUT2D eigenvalue weighted by molar-refractivity contribution is 0.532. The van der Waals surface area contributed by atoms with Crippen LogP contribution in [0.15, 0.2) is 47.6 Å². The number of aromatic nitrogens is 2. The van der Waals surface area contributed by atoms with Crippen molar-refractivity contribution in [3.05, 3.63) is 59.4 Å². The molecule has 2 aromatic heterocycles. The predicted molar refractivity (Wildman–Crippen MR) is 109 cm³/mol. The fourth-order valence-corrected chi connectivity index (χ4v) is 4.68. The van der Waals surface area contributed by atoms with Gasteiger partial charge in [-0.05, 0) is 55.5 Å². The van der Waals surface area contributed by atoms with Crippen molar-refractivity contribution in [1.29, 1.82) is 0 Å². The largest absolute Gasteiger partial charge is 0.332 e. The van der Waals surface area contributed by atoms with Crippen LogP contribution in [0.2, 0.25) is 0 Å². The van der Waals surface area contributed by atoms with Gasteiger partial charge >= 0.3 is 0 Å². The number of nitrogens with zero attached hydrogens (tertiary/aromatic N) is 2. The molecule has 0 bridgehead atoms. The van der Waals surface area contributed by atoms with E-state index in [2.05, 4.69) is 34.3 Å². The monoisotopic (exact) mass is 385 g/mol. The summed E-state index contributed by atoms with van der Waals surface area (Å²) >= 11 is 0. The van der Waals surface area contributed by atoms with Crippen LogP contribution in [0.25, 0.3) is 11.0 Å². The molecule has 0 spiro atoms. The van der Waals surface area contributed by atoms with Crippen molar-refractivity contribution in [3.8, 4) is 0 Å². The molecule has 0 aliphatic heterocycles. The number of pyridine rings is 1. The van der Waals surface area contributed by atoms with Crippen LogP contribution < -0.4 is 4.72 Å². The van der Waals surface area contributed by atoms with Gasteiger partial charge in [0, 0.05) is 30.9 Å². The van der Waals surface area contributed by atoms with Crippen molar-refractivity contribution in [2.45, 2.75) is 45.6 Å². The van der Waals surface area contributed by atoms with Gasteiger partial charge in [-0.2, -0.15) is 0 Å². The van der Waals surface area contributed by atoms with Crippen molar-refractivity contribution in [3.63, 3.8) is 0 Å². The molecule has 6 heteroatoms. The van der Waals surface area contributed by atoms with Crippen molar-refractivity contribution < 1.29 is 8.42 Å². The smallest absolute Gasteiger partial charge is 0.240 e. The molecule has 5 nitrogen and oxygen atoms in total. The molecule has 0 aliphatic carbocycles. The summed E-state index contributed by atoms with van der Waals surface area (Å²) in [5, 5.41) is 1.09. The van der Waals surface area contributed by atoms with Gasteiger partial charge in [-0.15, -0.1) is 0 Å². The highest BCUT2D eigenvalue weighted by molar-refractivity contribution is 7.89. The van der Waals surface area contributed by atoms with Crippen molar-refractivity contribution in [1.82, 2.24) is 14.3 Å². The van der Waals surface area contributed by atoms with Gasteiger partial charge in [-0.25, -0.2) is 18.1 Å². The molecule has 144 valence electrons. The van der Waals surface area contributed by atoms with Crippen LogP contribution in [0.3, 0.4) is 0 Å². The number of hydrogen-bond donors (Lipinski definition) is 1. The third-order valence-corrected chi connectivity index (χ3v) is 6.21. The summed E-state index contributed by atoms with van der Waals surface area (Å²) in [5.41, 5.74) is 3.89. The fraction of sp³-hybridized carbons (Fsp3) is 0.381. The van der Waals surface area contributed by atoms with Crippen LogP contribution in [0.4, 0.5) is 0 Å². The topological polar surface area (TPSA) is 64.0 Å². The van der Waals surface area contributed by atoms with E-state index in [9.17, 15) is 8.42 Å². The Hall–Kier alpha value is -2.18. The first-order valence-electron chi connectivity index (χ1n) is 9.27. The molecule has 0 fully saturated rings. The lowest BCUT2D eigenvalue weighted by Crippen LogP contribution is -2.26. The summed E-state index contributed by atoms with van der Waals surface area (Å²) in [6.45, 7) is 9.37. The molecule has 0 aliphatic rings. The van der Waals surface area contributed by atoms with E-state index in [0.717, 1.165) is 34.3 Å². The van der Waals surface area contributed by atoms with E-state index in [4.69, 9.17) is 0 Å². The Labute approximate surface area is 161 Å². The summed E-state index contributed by atoms with van der Waals surface area (Å²) in [4.78, 5) is 4.85. The van der Waals surface area contributed by atoms with Crippen LogP contribution in [0, 0.1) is 19.8 Å². The molecule has 3 rings (SSSR count). The van der Waals surface area contributed by atoms with Gasteiger partial charge in [0.2, 0.25) is 10.0 Å². The average Bonchev–Trinajstić information content (AvgIpc) is 2.92. The standard InChI is InChI=1S/C21H27N3O2S/c1-15(2)13-24-14-18(19-6-5-10-22-21(19)24)9-11-23-27(25,26)20-8-7-16(3)12-17(20)4/h5-8,10,12,14-15,23H,9,11,13H2,1-4H3. The molecular weight excluding hydrogens is 358 g/mol. The Bertz CT molecular complexity index is 1050. The quantitative estimate of drug-likeness (QED) is 0.672. The Kier molecular flexibility index (Phi) is 5.67. The van der Waals surface area contributed by atoms with Crippen LogP contribution in [0.5, 0.6) is 0 Å². The predicted octanol–water partition coefficient (Wildman–Crippen LogP) is 3.83. The zero-order valence-corrected chi connectivity index (χ0v) is 17.2. The fourth-order valence-electron chi connectivity index (χ4n) is 3.43. The maximum atomic E-state index is 12.6. The number of fused-ring (bicyclic) bond motifs is 1. The molecule has 1 N–H and O–H groups in total. The second-order valence-corrected chi connectivity index (χ2v) is 9.23. The SMILES string of the molecule is Cc1ccc(S(=O)(=O)NCCc2cn(CC(C)C)c3ncccc23)c(C)c1. The Morgan fingerprint density at radius 3 is 2.67 bits per heavy atom. The summed E-state index contributed by atoms with van der Waals surface area (Å²) in [7, 11) is -3.52. The third kappa shape index (κ3) is 4.39. The number of sulfonamides is 1. The van der Waals surface area contributed by atoms with E-state index in [1.54, 1.807) is 12.3 Å².